The summed E-state index contributed by atoms with van der Waals surface area (Å²) in [5.74, 6) is 1.41. The second-order valence-corrected chi connectivity index (χ2v) is 5.76. The molecule has 0 fully saturated rings. The predicted octanol–water partition coefficient (Wildman–Crippen LogP) is 0.743. The van der Waals surface area contributed by atoms with Crippen molar-refractivity contribution in [3.63, 3.8) is 0 Å². The molecule has 1 N–H and O–H groups in total. The van der Waals surface area contributed by atoms with Crippen LogP contribution in [0.3, 0.4) is 0 Å². The quantitative estimate of drug-likeness (QED) is 0.854. The number of hydrogen-bond acceptors (Lipinski definition) is 8. The van der Waals surface area contributed by atoms with Crippen LogP contribution in [-0.4, -0.2) is 47.2 Å². The summed E-state index contributed by atoms with van der Waals surface area (Å²) < 4.78 is 10.3. The number of methoxy groups -OCH3 is 1. The number of rotatable bonds is 5. The van der Waals surface area contributed by atoms with Crippen molar-refractivity contribution in [1.29, 1.82) is 0 Å². The van der Waals surface area contributed by atoms with Crippen molar-refractivity contribution >= 4 is 11.9 Å². The standard InChI is InChI=1S/C15H20N6O3/c1-21(2)14-17-11(18-15(19-14)23-3)8-16-13(22)12-9-6-4-5-7-10(9)24-20-12/h4-8H2,1-3H3,(H,16,22). The second-order valence-electron chi connectivity index (χ2n) is 5.76. The third-order valence-electron chi connectivity index (χ3n) is 3.80. The van der Waals surface area contributed by atoms with E-state index in [-0.39, 0.29) is 18.5 Å². The number of carbonyl (C=O) groups excluding carboxylic acids is 1. The van der Waals surface area contributed by atoms with E-state index in [1.54, 1.807) is 4.90 Å². The summed E-state index contributed by atoms with van der Waals surface area (Å²) >= 11 is 0. The van der Waals surface area contributed by atoms with Gasteiger partial charge in [0.15, 0.2) is 11.5 Å². The summed E-state index contributed by atoms with van der Waals surface area (Å²) in [7, 11) is 5.12. The number of amides is 1. The molecule has 0 aliphatic heterocycles. The van der Waals surface area contributed by atoms with Crippen molar-refractivity contribution in [1.82, 2.24) is 25.4 Å². The summed E-state index contributed by atoms with van der Waals surface area (Å²) in [5.41, 5.74) is 1.28. The van der Waals surface area contributed by atoms with Crippen molar-refractivity contribution in [3.8, 4) is 6.01 Å². The highest BCUT2D eigenvalue weighted by Crippen LogP contribution is 2.24. The maximum Gasteiger partial charge on any atom is 0.321 e. The Morgan fingerprint density at radius 2 is 2.04 bits per heavy atom. The van der Waals surface area contributed by atoms with Crippen LogP contribution in [0, 0.1) is 0 Å². The molecule has 0 bridgehead atoms. The lowest BCUT2D eigenvalue weighted by molar-refractivity contribution is 0.0939. The molecule has 1 aliphatic carbocycles. The molecular formula is C15H20N6O3. The molecule has 0 unspecified atom stereocenters. The van der Waals surface area contributed by atoms with E-state index in [0.29, 0.717) is 17.5 Å². The lowest BCUT2D eigenvalue weighted by Gasteiger charge is -2.12. The van der Waals surface area contributed by atoms with Crippen LogP contribution in [0.15, 0.2) is 4.52 Å². The van der Waals surface area contributed by atoms with Gasteiger partial charge in [-0.05, 0) is 19.3 Å². The van der Waals surface area contributed by atoms with Crippen LogP contribution in [0.5, 0.6) is 6.01 Å². The van der Waals surface area contributed by atoms with Gasteiger partial charge >= 0.3 is 6.01 Å². The Hall–Kier alpha value is -2.71. The molecule has 128 valence electrons. The van der Waals surface area contributed by atoms with Crippen LogP contribution < -0.4 is 15.0 Å². The van der Waals surface area contributed by atoms with Crippen molar-refractivity contribution in [2.45, 2.75) is 32.2 Å². The molecule has 2 aromatic rings. The average molecular weight is 332 g/mol. The van der Waals surface area contributed by atoms with E-state index in [4.69, 9.17) is 9.26 Å². The number of nitrogens with one attached hydrogen (secondary N) is 1. The number of aromatic nitrogens is 4. The lowest BCUT2D eigenvalue weighted by atomic mass is 9.96. The summed E-state index contributed by atoms with van der Waals surface area (Å²) in [5, 5.41) is 6.70. The van der Waals surface area contributed by atoms with Gasteiger partial charge in [-0.1, -0.05) is 5.16 Å². The van der Waals surface area contributed by atoms with E-state index in [1.165, 1.54) is 7.11 Å². The molecule has 3 rings (SSSR count). The number of fused-ring (bicyclic) bond motifs is 1. The zero-order chi connectivity index (χ0) is 17.1. The summed E-state index contributed by atoms with van der Waals surface area (Å²) in [6, 6.07) is 0.205. The highest BCUT2D eigenvalue weighted by molar-refractivity contribution is 5.93. The Kier molecular flexibility index (Phi) is 4.59. The van der Waals surface area contributed by atoms with Crippen LogP contribution in [0.2, 0.25) is 0 Å². The molecule has 0 aromatic carbocycles. The van der Waals surface area contributed by atoms with Crippen LogP contribution in [0.1, 0.15) is 40.5 Å². The van der Waals surface area contributed by atoms with Crippen LogP contribution in [0.25, 0.3) is 0 Å². The van der Waals surface area contributed by atoms with Gasteiger partial charge in [-0.15, -0.1) is 0 Å². The Balaban J connectivity index is 1.72. The number of nitrogens with zero attached hydrogens (tertiary/aromatic N) is 5. The molecule has 0 atom stereocenters. The molecule has 2 aromatic heterocycles. The lowest BCUT2D eigenvalue weighted by Crippen LogP contribution is -2.26. The monoisotopic (exact) mass is 332 g/mol. The van der Waals surface area contributed by atoms with Crippen LogP contribution in [-0.2, 0) is 19.4 Å². The van der Waals surface area contributed by atoms with Gasteiger partial charge in [0, 0.05) is 26.1 Å². The Morgan fingerprint density at radius 3 is 2.79 bits per heavy atom. The first-order valence-corrected chi connectivity index (χ1v) is 7.80. The smallest absolute Gasteiger partial charge is 0.321 e. The number of ether oxygens (including phenoxy) is 1. The highest BCUT2D eigenvalue weighted by atomic mass is 16.5. The van der Waals surface area contributed by atoms with Crippen molar-refractivity contribution < 1.29 is 14.1 Å². The predicted molar refractivity (Wildman–Crippen MR) is 85.0 cm³/mol. The van der Waals surface area contributed by atoms with Crippen molar-refractivity contribution in [2.75, 3.05) is 26.1 Å². The van der Waals surface area contributed by atoms with Crippen LogP contribution >= 0.6 is 0 Å². The van der Waals surface area contributed by atoms with Crippen molar-refractivity contribution in [2.24, 2.45) is 0 Å². The SMILES string of the molecule is COc1nc(CNC(=O)c2noc3c2CCCC3)nc(N(C)C)n1. The Labute approximate surface area is 139 Å². The minimum Gasteiger partial charge on any atom is -0.467 e. The molecule has 0 saturated heterocycles. The van der Waals surface area contributed by atoms with E-state index in [9.17, 15) is 4.79 Å². The first-order chi connectivity index (χ1) is 11.6. The molecular weight excluding hydrogens is 312 g/mol. The van der Waals surface area contributed by atoms with E-state index < -0.39 is 0 Å². The molecule has 0 saturated carbocycles. The molecule has 0 spiro atoms. The molecule has 24 heavy (non-hydrogen) atoms. The van der Waals surface area contributed by atoms with Gasteiger partial charge in [0.25, 0.3) is 5.91 Å². The molecule has 9 heteroatoms. The van der Waals surface area contributed by atoms with E-state index >= 15 is 0 Å². The molecule has 1 aliphatic rings. The fourth-order valence-electron chi connectivity index (χ4n) is 2.56. The Bertz CT molecular complexity index is 743. The maximum absolute atomic E-state index is 12.4. The summed E-state index contributed by atoms with van der Waals surface area (Å²) in [6.07, 6.45) is 3.78. The summed E-state index contributed by atoms with van der Waals surface area (Å²) in [4.78, 5) is 26.7. The van der Waals surface area contributed by atoms with Gasteiger partial charge in [0.1, 0.15) is 5.76 Å². The number of hydrogen-bond donors (Lipinski definition) is 1. The normalized spacial score (nSPS) is 13.3. The molecule has 1 amide bonds. The largest absolute Gasteiger partial charge is 0.467 e. The van der Waals surface area contributed by atoms with E-state index in [1.807, 2.05) is 14.1 Å². The van der Waals surface area contributed by atoms with Gasteiger partial charge in [-0.2, -0.15) is 15.0 Å². The van der Waals surface area contributed by atoms with Gasteiger partial charge in [-0.25, -0.2) is 0 Å². The minimum absolute atomic E-state index is 0.153. The fraction of sp³-hybridized carbons (Fsp3) is 0.533. The maximum atomic E-state index is 12.4. The van der Waals surface area contributed by atoms with Crippen LogP contribution in [0.4, 0.5) is 5.95 Å². The topological polar surface area (TPSA) is 106 Å². The van der Waals surface area contributed by atoms with Gasteiger partial charge in [0.05, 0.1) is 13.7 Å². The third-order valence-corrected chi connectivity index (χ3v) is 3.80. The second kappa shape index (κ2) is 6.81. The third kappa shape index (κ3) is 3.29. The first-order valence-electron chi connectivity index (χ1n) is 7.80. The van der Waals surface area contributed by atoms with E-state index in [0.717, 1.165) is 37.0 Å². The first kappa shape index (κ1) is 16.2. The zero-order valence-corrected chi connectivity index (χ0v) is 14.0. The zero-order valence-electron chi connectivity index (χ0n) is 14.0. The summed E-state index contributed by atoms with van der Waals surface area (Å²) in [6.45, 7) is 0.153. The van der Waals surface area contributed by atoms with Gasteiger partial charge in [-0.3, -0.25) is 4.79 Å². The molecule has 2 heterocycles. The van der Waals surface area contributed by atoms with E-state index in [2.05, 4.69) is 25.4 Å². The average Bonchev–Trinajstić information content (AvgIpc) is 3.03. The highest BCUT2D eigenvalue weighted by Gasteiger charge is 2.24. The van der Waals surface area contributed by atoms with Crippen molar-refractivity contribution in [3.05, 3.63) is 22.8 Å². The van der Waals surface area contributed by atoms with Gasteiger partial charge in [0.2, 0.25) is 5.95 Å². The minimum atomic E-state index is -0.285. The number of carbonyl (C=O) groups is 1. The molecule has 0 radical (unpaired) electrons. The Morgan fingerprint density at radius 1 is 1.25 bits per heavy atom. The van der Waals surface area contributed by atoms with Gasteiger partial charge < -0.3 is 19.5 Å². The molecule has 9 nitrogen and oxygen atoms in total. The number of anilines is 1. The fourth-order valence-corrected chi connectivity index (χ4v) is 2.56. The number of aryl methyl sites for hydroxylation is 1.